The van der Waals surface area contributed by atoms with Crippen molar-refractivity contribution in [1.82, 2.24) is 19.8 Å². The predicted octanol–water partition coefficient (Wildman–Crippen LogP) is 1.79. The zero-order valence-corrected chi connectivity index (χ0v) is 16.9. The normalized spacial score (nSPS) is 19.7. The van der Waals surface area contributed by atoms with E-state index >= 15 is 0 Å². The first kappa shape index (κ1) is 19.4. The number of hydrogen-bond donors (Lipinski definition) is 1. The lowest BCUT2D eigenvalue weighted by Crippen LogP contribution is -2.38. The van der Waals surface area contributed by atoms with Crippen molar-refractivity contribution in [3.8, 4) is 0 Å². The summed E-state index contributed by atoms with van der Waals surface area (Å²) in [4.78, 5) is 48.4. The number of benzene rings is 1. The molecular weight excluding hydrogens is 368 g/mol. The SMILES string of the molecule is CC(=O)N1CCc2c(nc([C@H]3CCN(C(=O)[C@H](C)c4ccccc4)C3)[nH]c2=O)C1. The summed E-state index contributed by atoms with van der Waals surface area (Å²) in [6, 6.07) is 9.77. The van der Waals surface area contributed by atoms with Gasteiger partial charge < -0.3 is 14.8 Å². The standard InChI is InChI=1S/C22H26N4O3/c1-14(16-6-4-3-5-7-16)22(29)26-10-8-17(12-26)20-23-19-13-25(15(2)27)11-9-18(19)21(28)24-20/h3-7,14,17H,8-13H2,1-2H3,(H,23,24,28)/t14-,17+/m1/s1. The van der Waals surface area contributed by atoms with E-state index in [-0.39, 0.29) is 29.2 Å². The van der Waals surface area contributed by atoms with Crippen LogP contribution in [0.15, 0.2) is 35.1 Å². The van der Waals surface area contributed by atoms with Crippen molar-refractivity contribution in [1.29, 1.82) is 0 Å². The fourth-order valence-electron chi connectivity index (χ4n) is 4.26. The van der Waals surface area contributed by atoms with Gasteiger partial charge in [0.1, 0.15) is 5.82 Å². The van der Waals surface area contributed by atoms with Crippen LogP contribution in [0.25, 0.3) is 0 Å². The number of nitrogens with one attached hydrogen (secondary N) is 1. The highest BCUT2D eigenvalue weighted by Crippen LogP contribution is 2.28. The van der Waals surface area contributed by atoms with Gasteiger partial charge in [0.15, 0.2) is 0 Å². The molecule has 1 saturated heterocycles. The molecule has 1 fully saturated rings. The smallest absolute Gasteiger partial charge is 0.254 e. The van der Waals surface area contributed by atoms with Gasteiger partial charge in [-0.05, 0) is 25.3 Å². The largest absolute Gasteiger partial charge is 0.341 e. The van der Waals surface area contributed by atoms with Crippen LogP contribution in [0.5, 0.6) is 0 Å². The maximum atomic E-state index is 12.9. The molecule has 1 aromatic carbocycles. The van der Waals surface area contributed by atoms with Gasteiger partial charge in [-0.3, -0.25) is 14.4 Å². The molecule has 2 aromatic rings. The Hall–Kier alpha value is -2.96. The number of hydrogen-bond acceptors (Lipinski definition) is 4. The molecule has 0 unspecified atom stereocenters. The quantitative estimate of drug-likeness (QED) is 0.860. The summed E-state index contributed by atoms with van der Waals surface area (Å²) in [5.74, 6) is 0.526. The number of H-pyrrole nitrogens is 1. The molecule has 2 atom stereocenters. The molecule has 4 rings (SSSR count). The Bertz CT molecular complexity index is 985. The number of amides is 2. The molecule has 1 N–H and O–H groups in total. The molecule has 0 saturated carbocycles. The third-order valence-corrected chi connectivity index (χ3v) is 6.09. The molecule has 1 aromatic heterocycles. The Kier molecular flexibility index (Phi) is 5.22. The summed E-state index contributed by atoms with van der Waals surface area (Å²) >= 11 is 0. The fraction of sp³-hybridized carbons (Fsp3) is 0.455. The zero-order chi connectivity index (χ0) is 20.5. The van der Waals surface area contributed by atoms with Crippen LogP contribution >= 0.6 is 0 Å². The van der Waals surface area contributed by atoms with Crippen molar-refractivity contribution in [2.24, 2.45) is 0 Å². The lowest BCUT2D eigenvalue weighted by Gasteiger charge is -2.27. The minimum Gasteiger partial charge on any atom is -0.341 e. The Morgan fingerprint density at radius 2 is 1.93 bits per heavy atom. The van der Waals surface area contributed by atoms with Gasteiger partial charge in [0.25, 0.3) is 5.56 Å². The molecule has 2 amide bonds. The molecule has 0 radical (unpaired) electrons. The molecule has 7 heteroatoms. The van der Waals surface area contributed by atoms with Crippen molar-refractivity contribution in [3.05, 3.63) is 63.3 Å². The summed E-state index contributed by atoms with van der Waals surface area (Å²) in [5, 5.41) is 0. The monoisotopic (exact) mass is 394 g/mol. The number of aromatic amines is 1. The van der Waals surface area contributed by atoms with E-state index in [4.69, 9.17) is 4.98 Å². The minimum absolute atomic E-state index is 0.00706. The van der Waals surface area contributed by atoms with Crippen LogP contribution < -0.4 is 5.56 Å². The minimum atomic E-state index is -0.199. The third-order valence-electron chi connectivity index (χ3n) is 6.09. The molecule has 2 aliphatic heterocycles. The molecular formula is C22H26N4O3. The van der Waals surface area contributed by atoms with Crippen molar-refractivity contribution in [3.63, 3.8) is 0 Å². The molecule has 0 aliphatic carbocycles. The summed E-state index contributed by atoms with van der Waals surface area (Å²) in [6.45, 7) is 5.60. The van der Waals surface area contributed by atoms with Crippen LogP contribution in [0, 0.1) is 0 Å². The maximum absolute atomic E-state index is 12.9. The van der Waals surface area contributed by atoms with E-state index in [1.807, 2.05) is 42.2 Å². The summed E-state index contributed by atoms with van der Waals surface area (Å²) in [5.41, 5.74) is 2.25. The van der Waals surface area contributed by atoms with Gasteiger partial charge in [0, 0.05) is 38.0 Å². The maximum Gasteiger partial charge on any atom is 0.254 e. The molecule has 3 heterocycles. The van der Waals surface area contributed by atoms with E-state index in [9.17, 15) is 14.4 Å². The van der Waals surface area contributed by atoms with E-state index in [1.54, 1.807) is 4.90 Å². The van der Waals surface area contributed by atoms with Gasteiger partial charge in [0.2, 0.25) is 11.8 Å². The van der Waals surface area contributed by atoms with Crippen LogP contribution in [0.3, 0.4) is 0 Å². The fourth-order valence-corrected chi connectivity index (χ4v) is 4.26. The second-order valence-corrected chi connectivity index (χ2v) is 7.97. The molecule has 0 spiro atoms. The highest BCUT2D eigenvalue weighted by molar-refractivity contribution is 5.83. The lowest BCUT2D eigenvalue weighted by atomic mass is 10.00. The van der Waals surface area contributed by atoms with Crippen molar-refractivity contribution in [2.45, 2.75) is 45.1 Å². The van der Waals surface area contributed by atoms with Crippen LogP contribution in [-0.2, 0) is 22.6 Å². The molecule has 2 aliphatic rings. The first-order valence-electron chi connectivity index (χ1n) is 10.1. The number of carbonyl (C=O) groups excluding carboxylic acids is 2. The van der Waals surface area contributed by atoms with Gasteiger partial charge in [-0.1, -0.05) is 30.3 Å². The van der Waals surface area contributed by atoms with E-state index < -0.39 is 0 Å². The van der Waals surface area contributed by atoms with E-state index in [0.717, 1.165) is 12.0 Å². The number of likely N-dealkylation sites (tertiary alicyclic amines) is 1. The number of nitrogens with zero attached hydrogens (tertiary/aromatic N) is 3. The van der Waals surface area contributed by atoms with Crippen molar-refractivity contribution < 1.29 is 9.59 Å². The van der Waals surface area contributed by atoms with Crippen molar-refractivity contribution >= 4 is 11.8 Å². The average Bonchev–Trinajstić information content (AvgIpc) is 3.23. The first-order chi connectivity index (χ1) is 13.9. The highest BCUT2D eigenvalue weighted by atomic mass is 16.2. The Labute approximate surface area is 169 Å². The molecule has 29 heavy (non-hydrogen) atoms. The summed E-state index contributed by atoms with van der Waals surface area (Å²) < 4.78 is 0. The van der Waals surface area contributed by atoms with Crippen molar-refractivity contribution in [2.75, 3.05) is 19.6 Å². The Morgan fingerprint density at radius 1 is 1.17 bits per heavy atom. The number of aromatic nitrogens is 2. The lowest BCUT2D eigenvalue weighted by molar-refractivity contribution is -0.131. The van der Waals surface area contributed by atoms with Gasteiger partial charge in [0.05, 0.1) is 18.2 Å². The van der Waals surface area contributed by atoms with E-state index in [1.165, 1.54) is 6.92 Å². The average molecular weight is 394 g/mol. The predicted molar refractivity (Wildman–Crippen MR) is 108 cm³/mol. The number of rotatable bonds is 3. The summed E-state index contributed by atoms with van der Waals surface area (Å²) in [6.07, 6.45) is 1.30. The van der Waals surface area contributed by atoms with Gasteiger partial charge in [-0.25, -0.2) is 4.98 Å². The van der Waals surface area contributed by atoms with Gasteiger partial charge in [-0.15, -0.1) is 0 Å². The van der Waals surface area contributed by atoms with Crippen LogP contribution in [-0.4, -0.2) is 51.2 Å². The molecule has 7 nitrogen and oxygen atoms in total. The van der Waals surface area contributed by atoms with Crippen LogP contribution in [0.1, 0.15) is 54.7 Å². The zero-order valence-electron chi connectivity index (χ0n) is 16.9. The van der Waals surface area contributed by atoms with E-state index in [0.29, 0.717) is 49.7 Å². The molecule has 152 valence electrons. The second-order valence-electron chi connectivity index (χ2n) is 7.97. The van der Waals surface area contributed by atoms with Crippen LogP contribution in [0.4, 0.5) is 0 Å². The van der Waals surface area contributed by atoms with Gasteiger partial charge in [-0.2, -0.15) is 0 Å². The third kappa shape index (κ3) is 3.81. The van der Waals surface area contributed by atoms with E-state index in [2.05, 4.69) is 4.98 Å². The number of fused-ring (bicyclic) bond motifs is 1. The second kappa shape index (κ2) is 7.81. The Morgan fingerprint density at radius 3 is 2.66 bits per heavy atom. The first-order valence-corrected chi connectivity index (χ1v) is 10.1. The number of carbonyl (C=O) groups is 2. The Balaban J connectivity index is 1.50. The topological polar surface area (TPSA) is 86.4 Å². The highest BCUT2D eigenvalue weighted by Gasteiger charge is 2.32. The van der Waals surface area contributed by atoms with Crippen LogP contribution in [0.2, 0.25) is 0 Å². The van der Waals surface area contributed by atoms with Gasteiger partial charge >= 0.3 is 0 Å². The summed E-state index contributed by atoms with van der Waals surface area (Å²) in [7, 11) is 0. The molecule has 0 bridgehead atoms.